The van der Waals surface area contributed by atoms with Gasteiger partial charge in [-0.05, 0) is 31.9 Å². The highest BCUT2D eigenvalue weighted by molar-refractivity contribution is 5.27. The van der Waals surface area contributed by atoms with Gasteiger partial charge in [-0.3, -0.25) is 9.36 Å². The Balaban J connectivity index is 2.17. The third-order valence-electron chi connectivity index (χ3n) is 3.64. The molecule has 110 valence electrons. The minimum atomic E-state index is 0.902. The van der Waals surface area contributed by atoms with Crippen molar-refractivity contribution in [3.8, 4) is 0 Å². The van der Waals surface area contributed by atoms with Crippen LogP contribution in [0.15, 0.2) is 12.4 Å². The highest BCUT2D eigenvalue weighted by atomic mass is 15.3. The number of nitrogens with zero attached hydrogens (tertiary/aromatic N) is 4. The molecule has 2 aromatic rings. The van der Waals surface area contributed by atoms with E-state index in [0.717, 1.165) is 32.4 Å². The minimum Gasteiger partial charge on any atom is -0.316 e. The van der Waals surface area contributed by atoms with Gasteiger partial charge in [0.05, 0.1) is 11.9 Å². The second-order valence-electron chi connectivity index (χ2n) is 5.10. The number of nitrogens with one attached hydrogen (secondary N) is 1. The molecule has 20 heavy (non-hydrogen) atoms. The van der Waals surface area contributed by atoms with Crippen LogP contribution in [-0.4, -0.2) is 26.6 Å². The van der Waals surface area contributed by atoms with Crippen LogP contribution in [0.5, 0.6) is 0 Å². The monoisotopic (exact) mass is 275 g/mol. The number of rotatable bonds is 7. The standard InChI is InChI=1S/C15H25N5/c1-5-14-13(10-16-3)15(6-2)20(18-14)8-7-12-9-17-19(4)11-12/h9,11,16H,5-8,10H2,1-4H3. The second kappa shape index (κ2) is 6.70. The Labute approximate surface area is 121 Å². The lowest BCUT2D eigenvalue weighted by Crippen LogP contribution is -2.11. The molecule has 0 amide bonds. The van der Waals surface area contributed by atoms with Crippen LogP contribution >= 0.6 is 0 Å². The van der Waals surface area contributed by atoms with Crippen molar-refractivity contribution in [2.75, 3.05) is 7.05 Å². The van der Waals surface area contributed by atoms with Crippen LogP contribution in [0.1, 0.15) is 36.4 Å². The van der Waals surface area contributed by atoms with Crippen LogP contribution in [0, 0.1) is 0 Å². The van der Waals surface area contributed by atoms with E-state index >= 15 is 0 Å². The number of hydrogen-bond donors (Lipinski definition) is 1. The number of aromatic nitrogens is 4. The van der Waals surface area contributed by atoms with E-state index in [-0.39, 0.29) is 0 Å². The molecule has 0 aromatic carbocycles. The summed E-state index contributed by atoms with van der Waals surface area (Å²) in [5.74, 6) is 0. The van der Waals surface area contributed by atoms with Crippen molar-refractivity contribution in [2.24, 2.45) is 7.05 Å². The number of aryl methyl sites for hydroxylation is 4. The maximum atomic E-state index is 4.79. The van der Waals surface area contributed by atoms with Gasteiger partial charge in [0.1, 0.15) is 0 Å². The van der Waals surface area contributed by atoms with E-state index in [1.807, 2.05) is 25.0 Å². The Kier molecular flexibility index (Phi) is 4.95. The SMILES string of the molecule is CCc1nn(CCc2cnn(C)c2)c(CC)c1CNC. The van der Waals surface area contributed by atoms with Crippen LogP contribution < -0.4 is 5.32 Å². The van der Waals surface area contributed by atoms with Gasteiger partial charge in [-0.2, -0.15) is 10.2 Å². The molecule has 0 saturated heterocycles. The molecule has 2 heterocycles. The third kappa shape index (κ3) is 3.10. The van der Waals surface area contributed by atoms with Crippen molar-refractivity contribution < 1.29 is 0 Å². The van der Waals surface area contributed by atoms with Crippen molar-refractivity contribution in [1.82, 2.24) is 24.9 Å². The number of hydrogen-bond acceptors (Lipinski definition) is 3. The quantitative estimate of drug-likeness (QED) is 0.836. The lowest BCUT2D eigenvalue weighted by molar-refractivity contribution is 0.579. The van der Waals surface area contributed by atoms with Gasteiger partial charge < -0.3 is 5.32 Å². The molecule has 0 radical (unpaired) electrons. The molecular weight excluding hydrogens is 250 g/mol. The minimum absolute atomic E-state index is 0.902. The maximum Gasteiger partial charge on any atom is 0.0669 e. The molecule has 0 bridgehead atoms. The van der Waals surface area contributed by atoms with E-state index < -0.39 is 0 Å². The Morgan fingerprint density at radius 3 is 2.60 bits per heavy atom. The molecule has 5 nitrogen and oxygen atoms in total. The Morgan fingerprint density at radius 2 is 2.05 bits per heavy atom. The molecule has 0 atom stereocenters. The highest BCUT2D eigenvalue weighted by Gasteiger charge is 2.14. The van der Waals surface area contributed by atoms with Crippen molar-refractivity contribution in [3.63, 3.8) is 0 Å². The predicted molar refractivity (Wildman–Crippen MR) is 80.7 cm³/mol. The Morgan fingerprint density at radius 1 is 1.25 bits per heavy atom. The lowest BCUT2D eigenvalue weighted by atomic mass is 10.1. The summed E-state index contributed by atoms with van der Waals surface area (Å²) in [6.07, 6.45) is 7.00. The Bertz CT molecular complexity index is 553. The fraction of sp³-hybridized carbons (Fsp3) is 0.600. The summed E-state index contributed by atoms with van der Waals surface area (Å²) in [4.78, 5) is 0. The first kappa shape index (κ1) is 14.8. The predicted octanol–water partition coefficient (Wildman–Crippen LogP) is 1.70. The average Bonchev–Trinajstić information content (AvgIpc) is 3.00. The van der Waals surface area contributed by atoms with Crippen LogP contribution in [0.3, 0.4) is 0 Å². The molecule has 0 saturated carbocycles. The van der Waals surface area contributed by atoms with E-state index in [2.05, 4.69) is 35.1 Å². The molecule has 0 unspecified atom stereocenters. The van der Waals surface area contributed by atoms with Crippen molar-refractivity contribution in [1.29, 1.82) is 0 Å². The molecule has 0 aliphatic rings. The van der Waals surface area contributed by atoms with Gasteiger partial charge in [0.15, 0.2) is 0 Å². The second-order valence-corrected chi connectivity index (χ2v) is 5.10. The van der Waals surface area contributed by atoms with Gasteiger partial charge in [-0.25, -0.2) is 0 Å². The zero-order valence-corrected chi connectivity index (χ0v) is 13.0. The summed E-state index contributed by atoms with van der Waals surface area (Å²) in [6, 6.07) is 0. The van der Waals surface area contributed by atoms with E-state index in [9.17, 15) is 0 Å². The first-order valence-corrected chi connectivity index (χ1v) is 7.39. The van der Waals surface area contributed by atoms with Gasteiger partial charge in [-0.1, -0.05) is 13.8 Å². The average molecular weight is 275 g/mol. The molecule has 0 aliphatic carbocycles. The van der Waals surface area contributed by atoms with E-state index in [0.29, 0.717) is 0 Å². The molecule has 2 rings (SSSR count). The topological polar surface area (TPSA) is 47.7 Å². The molecule has 1 N–H and O–H groups in total. The summed E-state index contributed by atoms with van der Waals surface area (Å²) in [5, 5.41) is 12.3. The summed E-state index contributed by atoms with van der Waals surface area (Å²) in [6.45, 7) is 6.20. The van der Waals surface area contributed by atoms with Gasteiger partial charge in [0.25, 0.3) is 0 Å². The highest BCUT2D eigenvalue weighted by Crippen LogP contribution is 2.17. The maximum absolute atomic E-state index is 4.79. The van der Waals surface area contributed by atoms with Crippen molar-refractivity contribution in [2.45, 2.75) is 46.2 Å². The lowest BCUT2D eigenvalue weighted by Gasteiger charge is -2.07. The third-order valence-corrected chi connectivity index (χ3v) is 3.64. The smallest absolute Gasteiger partial charge is 0.0669 e. The van der Waals surface area contributed by atoms with Gasteiger partial charge in [0, 0.05) is 37.6 Å². The summed E-state index contributed by atoms with van der Waals surface area (Å²) < 4.78 is 4.03. The fourth-order valence-electron chi connectivity index (χ4n) is 2.67. The van der Waals surface area contributed by atoms with Crippen molar-refractivity contribution in [3.05, 3.63) is 34.9 Å². The molecule has 0 fully saturated rings. The molecule has 5 heteroatoms. The molecule has 0 aliphatic heterocycles. The van der Waals surface area contributed by atoms with Crippen LogP contribution in [0.2, 0.25) is 0 Å². The molecule has 0 spiro atoms. The first-order chi connectivity index (χ1) is 9.69. The van der Waals surface area contributed by atoms with Crippen LogP contribution in [0.25, 0.3) is 0 Å². The van der Waals surface area contributed by atoms with E-state index in [4.69, 9.17) is 5.10 Å². The van der Waals surface area contributed by atoms with Gasteiger partial charge >= 0.3 is 0 Å². The zero-order valence-electron chi connectivity index (χ0n) is 13.0. The zero-order chi connectivity index (χ0) is 14.5. The fourth-order valence-corrected chi connectivity index (χ4v) is 2.67. The summed E-state index contributed by atoms with van der Waals surface area (Å²) in [7, 11) is 3.95. The van der Waals surface area contributed by atoms with Crippen LogP contribution in [0.4, 0.5) is 0 Å². The van der Waals surface area contributed by atoms with E-state index in [1.54, 1.807) is 0 Å². The first-order valence-electron chi connectivity index (χ1n) is 7.39. The Hall–Kier alpha value is -1.62. The largest absolute Gasteiger partial charge is 0.316 e. The van der Waals surface area contributed by atoms with Gasteiger partial charge in [-0.15, -0.1) is 0 Å². The normalized spacial score (nSPS) is 11.2. The van der Waals surface area contributed by atoms with Gasteiger partial charge in [0.2, 0.25) is 0 Å². The van der Waals surface area contributed by atoms with E-state index in [1.165, 1.54) is 22.5 Å². The van der Waals surface area contributed by atoms with Crippen LogP contribution in [-0.2, 0) is 39.4 Å². The molecular formula is C15H25N5. The van der Waals surface area contributed by atoms with Crippen molar-refractivity contribution >= 4 is 0 Å². The molecule has 2 aromatic heterocycles. The summed E-state index contributed by atoms with van der Waals surface area (Å²) in [5.41, 5.74) is 5.23. The summed E-state index contributed by atoms with van der Waals surface area (Å²) >= 11 is 0.